The van der Waals surface area contributed by atoms with E-state index in [2.05, 4.69) is 25.3 Å². The van der Waals surface area contributed by atoms with Gasteiger partial charge in [0, 0.05) is 31.1 Å². The fourth-order valence-electron chi connectivity index (χ4n) is 3.07. The van der Waals surface area contributed by atoms with Crippen molar-refractivity contribution in [3.8, 4) is 22.6 Å². The van der Waals surface area contributed by atoms with Crippen LogP contribution >= 0.6 is 0 Å². The lowest BCUT2D eigenvalue weighted by Gasteiger charge is -2.13. The number of nitrogen functional groups attached to an aromatic ring is 2. The standard InChI is InChI=1S/C21H20N8O2/c1-29-11-12(7-8-16(29)30)17-18(14-5-3-9-24-14)28-20(23)19(27-17)21(31)25-10-13-4-2-6-15(22)26-13/h2-9,11,24H,10H2,1H3,(H2,22,26)(H2,23,28)(H,25,31). The van der Waals surface area contributed by atoms with Crippen LogP contribution in [0.5, 0.6) is 0 Å². The maximum atomic E-state index is 12.8. The van der Waals surface area contributed by atoms with E-state index in [1.165, 1.54) is 10.6 Å². The van der Waals surface area contributed by atoms with Crippen LogP contribution in [0.15, 0.2) is 59.7 Å². The molecule has 0 aliphatic carbocycles. The fourth-order valence-corrected chi connectivity index (χ4v) is 3.07. The van der Waals surface area contributed by atoms with Crippen LogP contribution in [0.3, 0.4) is 0 Å². The number of carbonyl (C=O) groups is 1. The number of nitrogens with two attached hydrogens (primary N) is 2. The van der Waals surface area contributed by atoms with Crippen LogP contribution in [0.1, 0.15) is 16.2 Å². The monoisotopic (exact) mass is 416 g/mol. The van der Waals surface area contributed by atoms with Crippen molar-refractivity contribution in [2.45, 2.75) is 6.54 Å². The molecule has 0 unspecified atom stereocenters. The smallest absolute Gasteiger partial charge is 0.274 e. The Kier molecular flexibility index (Phi) is 5.19. The summed E-state index contributed by atoms with van der Waals surface area (Å²) in [6, 6.07) is 11.9. The van der Waals surface area contributed by atoms with Crippen molar-refractivity contribution >= 4 is 17.5 Å². The van der Waals surface area contributed by atoms with Gasteiger partial charge in [-0.05, 0) is 30.3 Å². The zero-order chi connectivity index (χ0) is 22.0. The highest BCUT2D eigenvalue weighted by Crippen LogP contribution is 2.29. The Balaban J connectivity index is 1.74. The molecule has 0 saturated carbocycles. The summed E-state index contributed by atoms with van der Waals surface area (Å²) in [5, 5.41) is 2.73. The molecule has 4 heterocycles. The number of aromatic amines is 1. The minimum Gasteiger partial charge on any atom is -0.384 e. The molecule has 6 N–H and O–H groups in total. The van der Waals surface area contributed by atoms with Crippen molar-refractivity contribution in [2.24, 2.45) is 7.05 Å². The molecule has 0 aromatic carbocycles. The first-order valence-corrected chi connectivity index (χ1v) is 9.40. The van der Waals surface area contributed by atoms with Crippen molar-refractivity contribution < 1.29 is 4.79 Å². The van der Waals surface area contributed by atoms with Crippen molar-refractivity contribution in [2.75, 3.05) is 11.5 Å². The minimum atomic E-state index is -0.502. The average molecular weight is 416 g/mol. The summed E-state index contributed by atoms with van der Waals surface area (Å²) in [6.07, 6.45) is 3.38. The number of pyridine rings is 2. The molecule has 10 heteroatoms. The largest absolute Gasteiger partial charge is 0.384 e. The fraction of sp³-hybridized carbons (Fsp3) is 0.0952. The molecule has 0 atom stereocenters. The molecule has 0 bridgehead atoms. The molecule has 10 nitrogen and oxygen atoms in total. The van der Waals surface area contributed by atoms with Crippen molar-refractivity contribution in [3.05, 3.63) is 76.6 Å². The topological polar surface area (TPSA) is 158 Å². The second-order valence-corrected chi connectivity index (χ2v) is 6.84. The number of nitrogens with zero attached hydrogens (tertiary/aromatic N) is 4. The summed E-state index contributed by atoms with van der Waals surface area (Å²) in [7, 11) is 1.64. The van der Waals surface area contributed by atoms with Gasteiger partial charge < -0.3 is 26.3 Å². The Labute approximate surface area is 177 Å². The van der Waals surface area contributed by atoms with Gasteiger partial charge in [-0.2, -0.15) is 0 Å². The van der Waals surface area contributed by atoms with Crippen LogP contribution in [0, 0.1) is 0 Å². The van der Waals surface area contributed by atoms with E-state index in [9.17, 15) is 9.59 Å². The number of nitrogens with one attached hydrogen (secondary N) is 2. The van der Waals surface area contributed by atoms with Gasteiger partial charge in [0.25, 0.3) is 5.91 Å². The molecule has 0 fully saturated rings. The summed E-state index contributed by atoms with van der Waals surface area (Å²) in [5.74, 6) is -0.159. The molecule has 0 spiro atoms. The zero-order valence-electron chi connectivity index (χ0n) is 16.7. The molecule has 0 saturated heterocycles. The van der Waals surface area contributed by atoms with Crippen LogP contribution in [0.4, 0.5) is 11.6 Å². The molecule has 1 amide bonds. The van der Waals surface area contributed by atoms with Gasteiger partial charge in [-0.15, -0.1) is 0 Å². The molecule has 4 rings (SSSR count). The molecule has 31 heavy (non-hydrogen) atoms. The number of rotatable bonds is 5. The highest BCUT2D eigenvalue weighted by molar-refractivity contribution is 5.97. The molecular formula is C21H20N8O2. The van der Waals surface area contributed by atoms with E-state index >= 15 is 0 Å². The Hall–Kier alpha value is -4.47. The first-order chi connectivity index (χ1) is 14.9. The van der Waals surface area contributed by atoms with Gasteiger partial charge >= 0.3 is 0 Å². The number of carbonyl (C=O) groups excluding carboxylic acids is 1. The lowest BCUT2D eigenvalue weighted by Crippen LogP contribution is -2.26. The second-order valence-electron chi connectivity index (χ2n) is 6.84. The predicted molar refractivity (Wildman–Crippen MR) is 117 cm³/mol. The number of aromatic nitrogens is 5. The van der Waals surface area contributed by atoms with E-state index < -0.39 is 5.91 Å². The van der Waals surface area contributed by atoms with Crippen LogP contribution < -0.4 is 22.3 Å². The Bertz CT molecular complexity index is 1310. The van der Waals surface area contributed by atoms with Gasteiger partial charge in [0.1, 0.15) is 17.2 Å². The first kappa shape index (κ1) is 19.8. The van der Waals surface area contributed by atoms with E-state index in [0.29, 0.717) is 34.2 Å². The first-order valence-electron chi connectivity index (χ1n) is 9.40. The maximum absolute atomic E-state index is 12.8. The summed E-state index contributed by atoms with van der Waals surface area (Å²) in [5.41, 5.74) is 14.3. The second kappa shape index (κ2) is 8.11. The van der Waals surface area contributed by atoms with Crippen LogP contribution in [0.25, 0.3) is 22.6 Å². The van der Waals surface area contributed by atoms with Crippen LogP contribution in [-0.2, 0) is 13.6 Å². The Morgan fingerprint density at radius 2 is 1.90 bits per heavy atom. The Morgan fingerprint density at radius 3 is 2.61 bits per heavy atom. The van der Waals surface area contributed by atoms with E-state index in [-0.39, 0.29) is 23.6 Å². The summed E-state index contributed by atoms with van der Waals surface area (Å²) in [6.45, 7) is 0.151. The van der Waals surface area contributed by atoms with Crippen molar-refractivity contribution in [1.82, 2.24) is 29.8 Å². The third-order valence-electron chi connectivity index (χ3n) is 4.61. The maximum Gasteiger partial charge on any atom is 0.274 e. The van der Waals surface area contributed by atoms with E-state index in [0.717, 1.165) is 0 Å². The van der Waals surface area contributed by atoms with E-state index in [1.54, 1.807) is 43.7 Å². The molecule has 4 aromatic heterocycles. The molecule has 0 aliphatic heterocycles. The quantitative estimate of drug-likeness (QED) is 0.382. The number of aryl methyl sites for hydroxylation is 1. The van der Waals surface area contributed by atoms with Gasteiger partial charge in [-0.25, -0.2) is 15.0 Å². The number of hydrogen-bond acceptors (Lipinski definition) is 7. The average Bonchev–Trinajstić information content (AvgIpc) is 3.29. The van der Waals surface area contributed by atoms with Gasteiger partial charge in [0.15, 0.2) is 11.5 Å². The lowest BCUT2D eigenvalue weighted by molar-refractivity contribution is 0.0946. The van der Waals surface area contributed by atoms with Gasteiger partial charge in [-0.1, -0.05) is 6.07 Å². The number of amides is 1. The highest BCUT2D eigenvalue weighted by Gasteiger charge is 2.20. The molecule has 4 aromatic rings. The minimum absolute atomic E-state index is 0.0174. The molecule has 156 valence electrons. The Morgan fingerprint density at radius 1 is 1.06 bits per heavy atom. The summed E-state index contributed by atoms with van der Waals surface area (Å²) < 4.78 is 1.43. The number of anilines is 2. The summed E-state index contributed by atoms with van der Waals surface area (Å²) >= 11 is 0. The van der Waals surface area contributed by atoms with Gasteiger partial charge in [0.2, 0.25) is 5.56 Å². The van der Waals surface area contributed by atoms with Crippen LogP contribution in [0.2, 0.25) is 0 Å². The lowest BCUT2D eigenvalue weighted by atomic mass is 10.1. The number of hydrogen-bond donors (Lipinski definition) is 4. The van der Waals surface area contributed by atoms with Gasteiger partial charge in [-0.3, -0.25) is 9.59 Å². The summed E-state index contributed by atoms with van der Waals surface area (Å²) in [4.78, 5) is 40.8. The van der Waals surface area contributed by atoms with Crippen LogP contribution in [-0.4, -0.2) is 30.4 Å². The molecular weight excluding hydrogens is 396 g/mol. The van der Waals surface area contributed by atoms with E-state index in [4.69, 9.17) is 11.5 Å². The van der Waals surface area contributed by atoms with E-state index in [1.807, 2.05) is 12.1 Å². The van der Waals surface area contributed by atoms with Crippen molar-refractivity contribution in [1.29, 1.82) is 0 Å². The third-order valence-corrected chi connectivity index (χ3v) is 4.61. The van der Waals surface area contributed by atoms with Crippen molar-refractivity contribution in [3.63, 3.8) is 0 Å². The zero-order valence-corrected chi connectivity index (χ0v) is 16.7. The predicted octanol–water partition coefficient (Wildman–Crippen LogP) is 1.33. The number of H-pyrrole nitrogens is 1. The third kappa shape index (κ3) is 4.13. The molecule has 0 radical (unpaired) electrons. The normalized spacial score (nSPS) is 10.7. The van der Waals surface area contributed by atoms with Gasteiger partial charge in [0.05, 0.1) is 17.9 Å². The SMILES string of the molecule is Cn1cc(-c2nc(C(=O)NCc3cccc(N)n3)c(N)nc2-c2ccc[nH]2)ccc1=O. The highest BCUT2D eigenvalue weighted by atomic mass is 16.2. The molecule has 0 aliphatic rings.